The molecule has 22 heavy (non-hydrogen) atoms. The van der Waals surface area contributed by atoms with Gasteiger partial charge in [-0.2, -0.15) is 0 Å². The molecule has 2 rings (SSSR count). The van der Waals surface area contributed by atoms with Gasteiger partial charge in [-0.1, -0.05) is 30.7 Å². The summed E-state index contributed by atoms with van der Waals surface area (Å²) in [5.41, 5.74) is 1.55. The van der Waals surface area contributed by atoms with Crippen molar-refractivity contribution >= 4 is 27.3 Å². The molecule has 0 heterocycles. The van der Waals surface area contributed by atoms with Gasteiger partial charge in [-0.15, -0.1) is 0 Å². The van der Waals surface area contributed by atoms with E-state index in [-0.39, 0.29) is 5.75 Å². The van der Waals surface area contributed by atoms with Crippen LogP contribution in [0.3, 0.4) is 0 Å². The van der Waals surface area contributed by atoms with Crippen LogP contribution in [0.15, 0.2) is 48.5 Å². The molecule has 0 radical (unpaired) electrons. The lowest BCUT2D eigenvalue weighted by Crippen LogP contribution is -2.15. The third-order valence-electron chi connectivity index (χ3n) is 2.92. The average molecular weight is 340 g/mol. The van der Waals surface area contributed by atoms with Crippen molar-refractivity contribution in [1.29, 1.82) is 0 Å². The lowest BCUT2D eigenvalue weighted by molar-refractivity contribution is 0.306. The number of hydrogen-bond acceptors (Lipinski definition) is 3. The average Bonchev–Trinajstić information content (AvgIpc) is 2.48. The van der Waals surface area contributed by atoms with Crippen LogP contribution in [0.5, 0.6) is 5.75 Å². The van der Waals surface area contributed by atoms with E-state index in [1.54, 1.807) is 24.3 Å². The molecule has 6 heteroatoms. The number of rotatable bonds is 7. The second kappa shape index (κ2) is 7.51. The van der Waals surface area contributed by atoms with Crippen LogP contribution in [0.1, 0.15) is 18.9 Å². The van der Waals surface area contributed by atoms with E-state index in [4.69, 9.17) is 16.3 Å². The molecule has 0 fully saturated rings. The summed E-state index contributed by atoms with van der Waals surface area (Å²) < 4.78 is 31.5. The predicted octanol–water partition coefficient (Wildman–Crippen LogP) is 4.07. The summed E-state index contributed by atoms with van der Waals surface area (Å²) in [6.45, 7) is 2.25. The van der Waals surface area contributed by atoms with Gasteiger partial charge in [0, 0.05) is 10.7 Å². The highest BCUT2D eigenvalue weighted by Crippen LogP contribution is 2.18. The van der Waals surface area contributed by atoms with Crippen molar-refractivity contribution in [2.75, 3.05) is 10.5 Å². The molecule has 0 spiro atoms. The molecule has 0 unspecified atom stereocenters. The molecular formula is C16H18ClNO3S. The molecule has 0 bridgehead atoms. The van der Waals surface area contributed by atoms with Crippen molar-refractivity contribution in [1.82, 2.24) is 0 Å². The van der Waals surface area contributed by atoms with Gasteiger partial charge in [-0.05, 0) is 48.4 Å². The predicted molar refractivity (Wildman–Crippen MR) is 89.9 cm³/mol. The number of anilines is 1. The second-order valence-corrected chi connectivity index (χ2v) is 7.14. The van der Waals surface area contributed by atoms with Gasteiger partial charge in [0.2, 0.25) is 10.0 Å². The Morgan fingerprint density at radius 1 is 1.05 bits per heavy atom. The van der Waals surface area contributed by atoms with Crippen LogP contribution in [0.25, 0.3) is 0 Å². The first-order valence-corrected chi connectivity index (χ1v) is 8.99. The fraction of sp³-hybridized carbons (Fsp3) is 0.250. The third-order valence-corrected chi connectivity index (χ3v) is 4.66. The summed E-state index contributed by atoms with van der Waals surface area (Å²) in [7, 11) is -3.26. The minimum atomic E-state index is -3.26. The van der Waals surface area contributed by atoms with Gasteiger partial charge in [0.25, 0.3) is 0 Å². The van der Waals surface area contributed by atoms with E-state index in [1.807, 2.05) is 31.2 Å². The largest absolute Gasteiger partial charge is 0.489 e. The standard InChI is InChI=1S/C16H18ClNO3S/c1-2-11-22(19,20)18-15-7-9-16(10-8-15)21-12-13-3-5-14(17)6-4-13/h3-10,18H,2,11-12H2,1H3. The Hall–Kier alpha value is -1.72. The Bertz CT molecular complexity index is 697. The monoisotopic (exact) mass is 339 g/mol. The fourth-order valence-electron chi connectivity index (χ4n) is 1.87. The number of hydrogen-bond donors (Lipinski definition) is 1. The Balaban J connectivity index is 1.93. The first-order valence-electron chi connectivity index (χ1n) is 6.96. The molecule has 0 aliphatic heterocycles. The topological polar surface area (TPSA) is 55.4 Å². The van der Waals surface area contributed by atoms with Crippen molar-refractivity contribution < 1.29 is 13.2 Å². The number of nitrogens with one attached hydrogen (secondary N) is 1. The molecule has 0 aromatic heterocycles. The summed E-state index contributed by atoms with van der Waals surface area (Å²) in [5.74, 6) is 0.787. The molecule has 0 saturated carbocycles. The van der Waals surface area contributed by atoms with Crippen molar-refractivity contribution in [3.8, 4) is 5.75 Å². The lowest BCUT2D eigenvalue weighted by Gasteiger charge is -2.09. The van der Waals surface area contributed by atoms with E-state index in [1.165, 1.54) is 0 Å². The van der Waals surface area contributed by atoms with E-state index >= 15 is 0 Å². The normalized spacial score (nSPS) is 11.2. The maximum atomic E-state index is 11.7. The Kier molecular flexibility index (Phi) is 5.69. The molecule has 4 nitrogen and oxygen atoms in total. The summed E-state index contributed by atoms with van der Waals surface area (Å²) in [6, 6.07) is 14.3. The highest BCUT2D eigenvalue weighted by atomic mass is 35.5. The van der Waals surface area contributed by atoms with Crippen LogP contribution in [0.4, 0.5) is 5.69 Å². The molecule has 2 aromatic rings. The van der Waals surface area contributed by atoms with Crippen molar-refractivity contribution in [3.05, 3.63) is 59.1 Å². The van der Waals surface area contributed by atoms with Gasteiger partial charge in [-0.25, -0.2) is 8.42 Å². The quantitative estimate of drug-likeness (QED) is 0.827. The Morgan fingerprint density at radius 3 is 2.27 bits per heavy atom. The van der Waals surface area contributed by atoms with Crippen molar-refractivity contribution in [3.63, 3.8) is 0 Å². The van der Waals surface area contributed by atoms with Crippen LogP contribution in [-0.2, 0) is 16.6 Å². The summed E-state index contributed by atoms with van der Waals surface area (Å²) >= 11 is 5.82. The third kappa shape index (κ3) is 5.24. The van der Waals surface area contributed by atoms with Crippen LogP contribution < -0.4 is 9.46 Å². The molecule has 118 valence electrons. The molecule has 0 aliphatic rings. The zero-order valence-corrected chi connectivity index (χ0v) is 13.8. The number of sulfonamides is 1. The lowest BCUT2D eigenvalue weighted by atomic mass is 10.2. The summed E-state index contributed by atoms with van der Waals surface area (Å²) in [6.07, 6.45) is 0.581. The maximum absolute atomic E-state index is 11.7. The van der Waals surface area contributed by atoms with Crippen LogP contribution in [0, 0.1) is 0 Å². The Morgan fingerprint density at radius 2 is 1.68 bits per heavy atom. The van der Waals surface area contributed by atoms with Gasteiger partial charge in [0.15, 0.2) is 0 Å². The first kappa shape index (κ1) is 16.6. The minimum Gasteiger partial charge on any atom is -0.489 e. The first-order chi connectivity index (χ1) is 10.5. The number of ether oxygens (including phenoxy) is 1. The SMILES string of the molecule is CCCS(=O)(=O)Nc1ccc(OCc2ccc(Cl)cc2)cc1. The minimum absolute atomic E-state index is 0.113. The highest BCUT2D eigenvalue weighted by molar-refractivity contribution is 7.92. The molecular weight excluding hydrogens is 322 g/mol. The molecule has 1 N–H and O–H groups in total. The highest BCUT2D eigenvalue weighted by Gasteiger charge is 2.08. The van der Waals surface area contributed by atoms with Gasteiger partial charge in [0.1, 0.15) is 12.4 Å². The number of benzene rings is 2. The van der Waals surface area contributed by atoms with E-state index in [0.29, 0.717) is 29.5 Å². The van der Waals surface area contributed by atoms with E-state index in [0.717, 1.165) is 5.56 Å². The van der Waals surface area contributed by atoms with E-state index in [2.05, 4.69) is 4.72 Å². The van der Waals surface area contributed by atoms with Gasteiger partial charge in [0.05, 0.1) is 5.75 Å². The smallest absolute Gasteiger partial charge is 0.232 e. The molecule has 0 saturated heterocycles. The zero-order chi connectivity index (χ0) is 16.0. The maximum Gasteiger partial charge on any atom is 0.232 e. The summed E-state index contributed by atoms with van der Waals surface area (Å²) in [5, 5.41) is 0.687. The molecule has 0 aliphatic carbocycles. The molecule has 0 amide bonds. The fourth-order valence-corrected chi connectivity index (χ4v) is 3.13. The molecule has 0 atom stereocenters. The number of halogens is 1. The van der Waals surface area contributed by atoms with Crippen LogP contribution >= 0.6 is 11.6 Å². The van der Waals surface area contributed by atoms with Gasteiger partial charge < -0.3 is 4.74 Å². The van der Waals surface area contributed by atoms with Gasteiger partial charge in [-0.3, -0.25) is 4.72 Å². The van der Waals surface area contributed by atoms with E-state index in [9.17, 15) is 8.42 Å². The van der Waals surface area contributed by atoms with Crippen molar-refractivity contribution in [2.45, 2.75) is 20.0 Å². The van der Waals surface area contributed by atoms with Crippen LogP contribution in [0.2, 0.25) is 5.02 Å². The van der Waals surface area contributed by atoms with Crippen LogP contribution in [-0.4, -0.2) is 14.2 Å². The Labute approximate surface area is 136 Å². The van der Waals surface area contributed by atoms with E-state index < -0.39 is 10.0 Å². The van der Waals surface area contributed by atoms with Crippen molar-refractivity contribution in [2.24, 2.45) is 0 Å². The zero-order valence-electron chi connectivity index (χ0n) is 12.3. The molecule has 2 aromatic carbocycles. The second-order valence-electron chi connectivity index (χ2n) is 4.86. The summed E-state index contributed by atoms with van der Waals surface area (Å²) in [4.78, 5) is 0. The van der Waals surface area contributed by atoms with Gasteiger partial charge >= 0.3 is 0 Å².